The maximum absolute atomic E-state index is 12.7. The molecule has 0 unspecified atom stereocenters. The number of nitrogens with one attached hydrogen (secondary N) is 2. The summed E-state index contributed by atoms with van der Waals surface area (Å²) in [6, 6.07) is 14.6. The van der Waals surface area contributed by atoms with Crippen molar-refractivity contribution in [2.45, 2.75) is 25.3 Å². The van der Waals surface area contributed by atoms with E-state index in [0.717, 1.165) is 5.56 Å². The van der Waals surface area contributed by atoms with Crippen molar-refractivity contribution in [3.05, 3.63) is 59.1 Å². The van der Waals surface area contributed by atoms with Gasteiger partial charge in [-0.2, -0.15) is 4.31 Å². The number of rotatable bonds is 7. The Morgan fingerprint density at radius 3 is 2.38 bits per heavy atom. The number of thiocarbonyl (C=S) groups is 1. The van der Waals surface area contributed by atoms with E-state index in [9.17, 15) is 8.42 Å². The van der Waals surface area contributed by atoms with E-state index in [-0.39, 0.29) is 9.92 Å². The van der Waals surface area contributed by atoms with Crippen LogP contribution in [0.15, 0.2) is 53.4 Å². The summed E-state index contributed by atoms with van der Waals surface area (Å²) in [5.74, 6) is 0. The molecule has 2 aromatic carbocycles. The van der Waals surface area contributed by atoms with Gasteiger partial charge in [-0.15, -0.1) is 0 Å². The first-order valence-corrected chi connectivity index (χ1v) is 10.5. The highest BCUT2D eigenvalue weighted by molar-refractivity contribution is 7.89. The molecule has 0 radical (unpaired) electrons. The minimum Gasteiger partial charge on any atom is -0.358 e. The standard InChI is InChI=1S/C18H22ClN3O2S2/c1-3-22(4-2)26(23,24)17-12-15(10-11-16(17)19)21-18(25)20-13-14-8-6-5-7-9-14/h5-12H,3-4,13H2,1-2H3,(H2,20,21,25). The molecule has 0 saturated carbocycles. The van der Waals surface area contributed by atoms with Gasteiger partial charge in [0, 0.05) is 25.3 Å². The predicted octanol–water partition coefficient (Wildman–Crippen LogP) is 3.86. The molecule has 0 aliphatic rings. The third-order valence-corrected chi connectivity index (χ3v) is 6.59. The minimum absolute atomic E-state index is 0.0683. The van der Waals surface area contributed by atoms with Gasteiger partial charge in [0.1, 0.15) is 4.90 Å². The van der Waals surface area contributed by atoms with Gasteiger partial charge < -0.3 is 10.6 Å². The molecule has 2 N–H and O–H groups in total. The average molecular weight is 412 g/mol. The lowest BCUT2D eigenvalue weighted by Gasteiger charge is -2.20. The normalized spacial score (nSPS) is 11.4. The minimum atomic E-state index is -3.65. The molecule has 0 atom stereocenters. The molecule has 2 aromatic rings. The lowest BCUT2D eigenvalue weighted by molar-refractivity contribution is 0.445. The first kappa shape index (κ1) is 20.6. The van der Waals surface area contributed by atoms with E-state index >= 15 is 0 Å². The van der Waals surface area contributed by atoms with Gasteiger partial charge in [0.25, 0.3) is 0 Å². The van der Waals surface area contributed by atoms with E-state index < -0.39 is 10.0 Å². The Hall–Kier alpha value is -1.67. The molecule has 2 rings (SSSR count). The summed E-state index contributed by atoms with van der Waals surface area (Å²) < 4.78 is 26.8. The summed E-state index contributed by atoms with van der Waals surface area (Å²) in [5.41, 5.74) is 1.66. The van der Waals surface area contributed by atoms with E-state index in [1.807, 2.05) is 30.3 Å². The van der Waals surface area contributed by atoms with Crippen LogP contribution < -0.4 is 10.6 Å². The van der Waals surface area contributed by atoms with Crippen LogP contribution in [0.1, 0.15) is 19.4 Å². The van der Waals surface area contributed by atoms with Gasteiger partial charge >= 0.3 is 0 Å². The number of hydrogen-bond donors (Lipinski definition) is 2. The van der Waals surface area contributed by atoms with Crippen molar-refractivity contribution in [3.63, 3.8) is 0 Å². The van der Waals surface area contributed by atoms with Crippen LogP contribution in [-0.4, -0.2) is 30.9 Å². The van der Waals surface area contributed by atoms with Crippen LogP contribution in [-0.2, 0) is 16.6 Å². The van der Waals surface area contributed by atoms with E-state index in [2.05, 4.69) is 10.6 Å². The number of halogens is 1. The number of sulfonamides is 1. The largest absolute Gasteiger partial charge is 0.358 e. The second kappa shape index (κ2) is 9.32. The monoisotopic (exact) mass is 411 g/mol. The van der Waals surface area contributed by atoms with Crippen LogP contribution in [0.2, 0.25) is 5.02 Å². The van der Waals surface area contributed by atoms with E-state index in [0.29, 0.717) is 30.4 Å². The molecular formula is C18H22ClN3O2S2. The van der Waals surface area contributed by atoms with Gasteiger partial charge in [-0.05, 0) is 36.0 Å². The van der Waals surface area contributed by atoms with E-state index in [1.165, 1.54) is 10.4 Å². The van der Waals surface area contributed by atoms with Crippen LogP contribution in [0.5, 0.6) is 0 Å². The van der Waals surface area contributed by atoms with Crippen molar-refractivity contribution >= 4 is 44.6 Å². The molecule has 140 valence electrons. The van der Waals surface area contributed by atoms with Crippen LogP contribution in [0.4, 0.5) is 5.69 Å². The van der Waals surface area contributed by atoms with Crippen molar-refractivity contribution in [3.8, 4) is 0 Å². The third-order valence-electron chi connectivity index (χ3n) is 3.81. The Bertz CT molecular complexity index is 854. The summed E-state index contributed by atoms with van der Waals surface area (Å²) >= 11 is 11.4. The number of benzene rings is 2. The summed E-state index contributed by atoms with van der Waals surface area (Å²) in [6.45, 7) is 4.91. The van der Waals surface area contributed by atoms with Crippen LogP contribution in [0, 0.1) is 0 Å². The second-order valence-electron chi connectivity index (χ2n) is 5.53. The quantitative estimate of drug-likeness (QED) is 0.677. The molecule has 8 heteroatoms. The lowest BCUT2D eigenvalue weighted by atomic mass is 10.2. The Morgan fingerprint density at radius 1 is 1.12 bits per heavy atom. The summed E-state index contributed by atoms with van der Waals surface area (Å²) in [7, 11) is -3.65. The van der Waals surface area contributed by atoms with Crippen molar-refractivity contribution in [2.24, 2.45) is 0 Å². The molecule has 0 aliphatic heterocycles. The first-order chi connectivity index (χ1) is 12.4. The number of anilines is 1. The van der Waals surface area contributed by atoms with E-state index in [4.69, 9.17) is 23.8 Å². The van der Waals surface area contributed by atoms with E-state index in [1.54, 1.807) is 26.0 Å². The second-order valence-corrected chi connectivity index (χ2v) is 8.25. The van der Waals surface area contributed by atoms with Gasteiger partial charge in [0.05, 0.1) is 5.02 Å². The Morgan fingerprint density at radius 2 is 1.77 bits per heavy atom. The molecule has 0 fully saturated rings. The Kier molecular flexibility index (Phi) is 7.40. The fraction of sp³-hybridized carbons (Fsp3) is 0.278. The molecule has 0 amide bonds. The Labute approximate surface area is 165 Å². The van der Waals surface area contributed by atoms with Crippen LogP contribution in [0.3, 0.4) is 0 Å². The molecular weight excluding hydrogens is 390 g/mol. The molecule has 0 heterocycles. The highest BCUT2D eigenvalue weighted by Gasteiger charge is 2.24. The Balaban J connectivity index is 2.12. The van der Waals surface area contributed by atoms with Crippen molar-refractivity contribution in [1.82, 2.24) is 9.62 Å². The molecule has 5 nitrogen and oxygen atoms in total. The topological polar surface area (TPSA) is 61.4 Å². The summed E-state index contributed by atoms with van der Waals surface area (Å²) in [6.07, 6.45) is 0. The lowest BCUT2D eigenvalue weighted by Crippen LogP contribution is -2.31. The molecule has 0 spiro atoms. The average Bonchev–Trinajstić information content (AvgIpc) is 2.63. The first-order valence-electron chi connectivity index (χ1n) is 8.27. The van der Waals surface area contributed by atoms with Crippen LogP contribution >= 0.6 is 23.8 Å². The van der Waals surface area contributed by atoms with Gasteiger partial charge in [0.2, 0.25) is 10.0 Å². The van der Waals surface area contributed by atoms with Crippen molar-refractivity contribution in [1.29, 1.82) is 0 Å². The zero-order chi connectivity index (χ0) is 19.2. The molecule has 26 heavy (non-hydrogen) atoms. The molecule has 0 bridgehead atoms. The SMILES string of the molecule is CCN(CC)S(=O)(=O)c1cc(NC(=S)NCc2ccccc2)ccc1Cl. The number of hydrogen-bond acceptors (Lipinski definition) is 3. The van der Waals surface area contributed by atoms with Gasteiger partial charge in [-0.25, -0.2) is 8.42 Å². The summed E-state index contributed by atoms with van der Waals surface area (Å²) in [4.78, 5) is 0.0683. The third kappa shape index (κ3) is 5.17. The van der Waals surface area contributed by atoms with Gasteiger partial charge in [-0.1, -0.05) is 55.8 Å². The fourth-order valence-electron chi connectivity index (χ4n) is 2.43. The smallest absolute Gasteiger partial charge is 0.244 e. The predicted molar refractivity (Wildman–Crippen MR) is 111 cm³/mol. The zero-order valence-electron chi connectivity index (χ0n) is 14.7. The maximum Gasteiger partial charge on any atom is 0.244 e. The van der Waals surface area contributed by atoms with Crippen molar-refractivity contribution < 1.29 is 8.42 Å². The molecule has 0 aliphatic carbocycles. The highest BCUT2D eigenvalue weighted by Crippen LogP contribution is 2.27. The molecule has 0 saturated heterocycles. The maximum atomic E-state index is 12.7. The summed E-state index contributed by atoms with van der Waals surface area (Å²) in [5, 5.41) is 6.69. The van der Waals surface area contributed by atoms with Gasteiger partial charge in [0.15, 0.2) is 5.11 Å². The zero-order valence-corrected chi connectivity index (χ0v) is 17.1. The number of nitrogens with zero attached hydrogens (tertiary/aromatic N) is 1. The fourth-order valence-corrected chi connectivity index (χ4v) is 4.58. The molecule has 0 aromatic heterocycles. The highest BCUT2D eigenvalue weighted by atomic mass is 35.5. The van der Waals surface area contributed by atoms with Crippen LogP contribution in [0.25, 0.3) is 0 Å². The van der Waals surface area contributed by atoms with Gasteiger partial charge in [-0.3, -0.25) is 0 Å². The van der Waals surface area contributed by atoms with Crippen molar-refractivity contribution in [2.75, 3.05) is 18.4 Å².